The number of hydrogen-bond donors (Lipinski definition) is 1. The van der Waals surface area contributed by atoms with E-state index in [4.69, 9.17) is 5.11 Å². The molecule has 94 valence electrons. The Bertz CT molecular complexity index is 226. The zero-order valence-corrected chi connectivity index (χ0v) is 10.8. The van der Waals surface area contributed by atoms with Crippen LogP contribution in [0.2, 0.25) is 0 Å². The highest BCUT2D eigenvalue weighted by Crippen LogP contribution is 2.40. The molecule has 1 atom stereocenters. The van der Waals surface area contributed by atoms with E-state index in [1.165, 1.54) is 25.7 Å². The van der Waals surface area contributed by atoms with Crippen molar-refractivity contribution in [2.75, 3.05) is 13.1 Å². The van der Waals surface area contributed by atoms with Crippen LogP contribution in [-0.4, -0.2) is 35.1 Å². The number of aliphatic carboxylic acids is 1. The average molecular weight is 227 g/mol. The van der Waals surface area contributed by atoms with E-state index in [-0.39, 0.29) is 12.5 Å². The average Bonchev–Trinajstić information content (AvgIpc) is 2.12. The Morgan fingerprint density at radius 3 is 2.19 bits per heavy atom. The third-order valence-electron chi connectivity index (χ3n) is 3.73. The first kappa shape index (κ1) is 13.5. The molecule has 1 aliphatic rings. The minimum Gasteiger partial charge on any atom is -0.481 e. The Morgan fingerprint density at radius 1 is 1.31 bits per heavy atom. The molecule has 0 aromatic rings. The summed E-state index contributed by atoms with van der Waals surface area (Å²) in [5.41, 5.74) is 0.496. The third-order valence-corrected chi connectivity index (χ3v) is 3.73. The van der Waals surface area contributed by atoms with E-state index in [0.29, 0.717) is 5.41 Å². The number of carbonyl (C=O) groups is 1. The molecule has 0 amide bonds. The smallest absolute Gasteiger partial charge is 0.304 e. The number of likely N-dealkylation sites (tertiary alicyclic amines) is 1. The van der Waals surface area contributed by atoms with Gasteiger partial charge in [-0.3, -0.25) is 9.69 Å². The number of nitrogens with zero attached hydrogens (tertiary/aromatic N) is 1. The SMILES string of the molecule is CCCC1(CCC)CN(C(C)CC(=O)O)C1. The molecule has 3 nitrogen and oxygen atoms in total. The molecule has 0 bridgehead atoms. The Morgan fingerprint density at radius 2 is 1.81 bits per heavy atom. The summed E-state index contributed by atoms with van der Waals surface area (Å²) in [5.74, 6) is -0.684. The molecule has 1 aliphatic heterocycles. The first-order valence-electron chi connectivity index (χ1n) is 6.49. The molecule has 0 saturated carbocycles. The van der Waals surface area contributed by atoms with Crippen molar-refractivity contribution in [1.82, 2.24) is 4.90 Å². The van der Waals surface area contributed by atoms with Crippen LogP contribution >= 0.6 is 0 Å². The Hall–Kier alpha value is -0.570. The summed E-state index contributed by atoms with van der Waals surface area (Å²) in [4.78, 5) is 13.0. The van der Waals surface area contributed by atoms with Crippen molar-refractivity contribution in [3.05, 3.63) is 0 Å². The standard InChI is InChI=1S/C13H25NO2/c1-4-6-13(7-5-2)9-14(10-13)11(3)8-12(15)16/h11H,4-10H2,1-3H3,(H,15,16). The molecule has 0 radical (unpaired) electrons. The van der Waals surface area contributed by atoms with Crippen molar-refractivity contribution in [2.45, 2.75) is 58.9 Å². The lowest BCUT2D eigenvalue weighted by Gasteiger charge is -2.53. The zero-order chi connectivity index (χ0) is 12.2. The maximum Gasteiger partial charge on any atom is 0.304 e. The fourth-order valence-corrected chi connectivity index (χ4v) is 3.01. The van der Waals surface area contributed by atoms with Crippen LogP contribution in [0.15, 0.2) is 0 Å². The van der Waals surface area contributed by atoms with Crippen LogP contribution in [0.25, 0.3) is 0 Å². The largest absolute Gasteiger partial charge is 0.481 e. The molecule has 1 saturated heterocycles. The molecule has 0 aromatic heterocycles. The Balaban J connectivity index is 2.40. The second-order valence-corrected chi connectivity index (χ2v) is 5.35. The molecule has 1 N–H and O–H groups in total. The summed E-state index contributed by atoms with van der Waals surface area (Å²) in [6, 6.07) is 0.194. The third kappa shape index (κ3) is 3.21. The van der Waals surface area contributed by atoms with Gasteiger partial charge in [-0.25, -0.2) is 0 Å². The molecule has 1 unspecified atom stereocenters. The minimum atomic E-state index is -0.684. The van der Waals surface area contributed by atoms with Gasteiger partial charge < -0.3 is 5.11 Å². The number of carboxylic acid groups (broad SMARTS) is 1. The predicted octanol–water partition coefficient (Wildman–Crippen LogP) is 2.75. The van der Waals surface area contributed by atoms with E-state index in [0.717, 1.165) is 13.1 Å². The summed E-state index contributed by atoms with van der Waals surface area (Å²) < 4.78 is 0. The zero-order valence-electron chi connectivity index (χ0n) is 10.8. The first-order chi connectivity index (χ1) is 7.53. The summed E-state index contributed by atoms with van der Waals surface area (Å²) in [6.45, 7) is 8.70. The molecular formula is C13H25NO2. The maximum atomic E-state index is 10.6. The van der Waals surface area contributed by atoms with Gasteiger partial charge in [-0.1, -0.05) is 26.7 Å². The summed E-state index contributed by atoms with van der Waals surface area (Å²) in [6.07, 6.45) is 5.32. The van der Waals surface area contributed by atoms with Crippen molar-refractivity contribution in [1.29, 1.82) is 0 Å². The van der Waals surface area contributed by atoms with Crippen LogP contribution in [0.5, 0.6) is 0 Å². The summed E-state index contributed by atoms with van der Waals surface area (Å²) in [7, 11) is 0. The fourth-order valence-electron chi connectivity index (χ4n) is 3.01. The van der Waals surface area contributed by atoms with Crippen LogP contribution in [-0.2, 0) is 4.79 Å². The van der Waals surface area contributed by atoms with Crippen LogP contribution in [0.4, 0.5) is 0 Å². The van der Waals surface area contributed by atoms with Gasteiger partial charge in [0.2, 0.25) is 0 Å². The molecule has 1 fully saturated rings. The van der Waals surface area contributed by atoms with E-state index in [9.17, 15) is 4.79 Å². The quantitative estimate of drug-likeness (QED) is 0.727. The van der Waals surface area contributed by atoms with Gasteiger partial charge in [0.25, 0.3) is 0 Å². The van der Waals surface area contributed by atoms with Crippen molar-refractivity contribution >= 4 is 5.97 Å². The van der Waals surface area contributed by atoms with Crippen molar-refractivity contribution in [3.8, 4) is 0 Å². The number of hydrogen-bond acceptors (Lipinski definition) is 2. The molecule has 1 rings (SSSR count). The van der Waals surface area contributed by atoms with Gasteiger partial charge in [-0.15, -0.1) is 0 Å². The highest BCUT2D eigenvalue weighted by atomic mass is 16.4. The monoisotopic (exact) mass is 227 g/mol. The van der Waals surface area contributed by atoms with E-state index in [2.05, 4.69) is 18.7 Å². The van der Waals surface area contributed by atoms with Gasteiger partial charge in [0.1, 0.15) is 0 Å². The lowest BCUT2D eigenvalue weighted by Crippen LogP contribution is -2.59. The lowest BCUT2D eigenvalue weighted by molar-refractivity contribution is -0.140. The molecule has 0 spiro atoms. The Labute approximate surface area is 98.8 Å². The Kier molecular flexibility index (Phi) is 4.78. The predicted molar refractivity (Wildman–Crippen MR) is 65.5 cm³/mol. The van der Waals surface area contributed by atoms with E-state index in [1.54, 1.807) is 0 Å². The molecule has 1 heterocycles. The normalized spacial score (nSPS) is 21.4. The van der Waals surface area contributed by atoms with Gasteiger partial charge in [-0.05, 0) is 25.2 Å². The van der Waals surface area contributed by atoms with E-state index in [1.807, 2.05) is 6.92 Å². The molecule has 0 aliphatic carbocycles. The van der Waals surface area contributed by atoms with Crippen LogP contribution in [0, 0.1) is 5.41 Å². The van der Waals surface area contributed by atoms with Gasteiger partial charge in [0.15, 0.2) is 0 Å². The first-order valence-corrected chi connectivity index (χ1v) is 6.49. The molecular weight excluding hydrogens is 202 g/mol. The number of carboxylic acids is 1. The van der Waals surface area contributed by atoms with Gasteiger partial charge >= 0.3 is 5.97 Å². The fraction of sp³-hybridized carbons (Fsp3) is 0.923. The molecule has 0 aromatic carbocycles. The second-order valence-electron chi connectivity index (χ2n) is 5.35. The second kappa shape index (κ2) is 5.67. The van der Waals surface area contributed by atoms with Gasteiger partial charge in [-0.2, -0.15) is 0 Å². The van der Waals surface area contributed by atoms with Crippen molar-refractivity contribution in [2.24, 2.45) is 5.41 Å². The van der Waals surface area contributed by atoms with Crippen LogP contribution in [0.1, 0.15) is 52.9 Å². The van der Waals surface area contributed by atoms with E-state index < -0.39 is 5.97 Å². The molecule has 3 heteroatoms. The van der Waals surface area contributed by atoms with Crippen LogP contribution < -0.4 is 0 Å². The highest BCUT2D eigenvalue weighted by Gasteiger charge is 2.42. The minimum absolute atomic E-state index is 0.194. The maximum absolute atomic E-state index is 10.6. The van der Waals surface area contributed by atoms with Gasteiger partial charge in [0.05, 0.1) is 6.42 Å². The van der Waals surface area contributed by atoms with Gasteiger partial charge in [0, 0.05) is 19.1 Å². The van der Waals surface area contributed by atoms with Crippen molar-refractivity contribution in [3.63, 3.8) is 0 Å². The summed E-state index contributed by atoms with van der Waals surface area (Å²) >= 11 is 0. The highest BCUT2D eigenvalue weighted by molar-refractivity contribution is 5.67. The number of rotatable bonds is 7. The van der Waals surface area contributed by atoms with Crippen LogP contribution in [0.3, 0.4) is 0 Å². The van der Waals surface area contributed by atoms with Crippen molar-refractivity contribution < 1.29 is 9.90 Å². The molecule has 16 heavy (non-hydrogen) atoms. The lowest BCUT2D eigenvalue weighted by atomic mass is 9.72. The summed E-state index contributed by atoms with van der Waals surface area (Å²) in [5, 5.41) is 8.76. The van der Waals surface area contributed by atoms with E-state index >= 15 is 0 Å². The topological polar surface area (TPSA) is 40.5 Å².